The summed E-state index contributed by atoms with van der Waals surface area (Å²) in [6.07, 6.45) is 9.29. The van der Waals surface area contributed by atoms with Crippen molar-refractivity contribution in [1.29, 1.82) is 0 Å². The van der Waals surface area contributed by atoms with Crippen molar-refractivity contribution in [1.82, 2.24) is 25.6 Å². The van der Waals surface area contributed by atoms with Gasteiger partial charge in [0.05, 0.1) is 30.2 Å². The van der Waals surface area contributed by atoms with Gasteiger partial charge in [0, 0.05) is 31.2 Å². The molecule has 1 aromatic heterocycles. The Kier molecular flexibility index (Phi) is 20.2. The highest BCUT2D eigenvalue weighted by Gasteiger charge is 2.40. The number of nitrogens with zero attached hydrogens (tertiary/aromatic N) is 3. The van der Waals surface area contributed by atoms with Gasteiger partial charge in [-0.05, 0) is 103 Å². The number of esters is 1. The number of benzene rings is 1. The summed E-state index contributed by atoms with van der Waals surface area (Å²) < 4.78 is 11.6. The van der Waals surface area contributed by atoms with Gasteiger partial charge in [-0.15, -0.1) is 23.7 Å². The molecule has 2 aromatic rings. The molecule has 1 aliphatic heterocycles. The maximum atomic E-state index is 14.7. The van der Waals surface area contributed by atoms with Gasteiger partial charge < -0.3 is 25.2 Å². The normalized spacial score (nSPS) is 17.1. The van der Waals surface area contributed by atoms with Crippen LogP contribution in [0.5, 0.6) is 5.75 Å². The molecule has 1 saturated heterocycles. The van der Waals surface area contributed by atoms with Crippen molar-refractivity contribution in [3.63, 3.8) is 0 Å². The van der Waals surface area contributed by atoms with Crippen molar-refractivity contribution in [2.45, 2.75) is 156 Å². The Balaban J connectivity index is 1.94. The first-order chi connectivity index (χ1) is 28.8. The molecule has 61 heavy (non-hydrogen) atoms. The molecule has 15 heteroatoms. The molecule has 1 aliphatic rings. The van der Waals surface area contributed by atoms with Gasteiger partial charge in [0.15, 0.2) is 6.10 Å². The van der Waals surface area contributed by atoms with E-state index in [1.807, 2.05) is 77.8 Å². The number of likely N-dealkylation sites (N-methyl/N-ethyl adjacent to an activating group) is 1. The van der Waals surface area contributed by atoms with E-state index in [1.165, 1.54) is 12.0 Å². The summed E-state index contributed by atoms with van der Waals surface area (Å²) in [7, 11) is 1.92. The Morgan fingerprint density at radius 1 is 1.08 bits per heavy atom. The van der Waals surface area contributed by atoms with E-state index in [4.69, 9.17) is 20.7 Å². The average molecular weight is 868 g/mol. The van der Waals surface area contributed by atoms with Crippen molar-refractivity contribution >= 4 is 41.0 Å². The van der Waals surface area contributed by atoms with Crippen LogP contribution in [-0.2, 0) is 35.2 Å². The van der Waals surface area contributed by atoms with Gasteiger partial charge in [-0.3, -0.25) is 33.7 Å². The molecule has 0 saturated carbocycles. The van der Waals surface area contributed by atoms with Crippen LogP contribution >= 0.6 is 11.3 Å². The third kappa shape index (κ3) is 15.7. The molecule has 0 bridgehead atoms. The number of hydroxylamine groups is 2. The molecule has 2 heterocycles. The number of thiazole rings is 1. The summed E-state index contributed by atoms with van der Waals surface area (Å²) in [4.78, 5) is 80.0. The van der Waals surface area contributed by atoms with Crippen LogP contribution in [0.1, 0.15) is 141 Å². The minimum atomic E-state index is -1.15. The summed E-state index contributed by atoms with van der Waals surface area (Å²) in [5.41, 5.74) is -0.191. The van der Waals surface area contributed by atoms with E-state index >= 15 is 0 Å². The predicted molar refractivity (Wildman–Crippen MR) is 236 cm³/mol. The molecule has 6 atom stereocenters. The number of unbranched alkanes of at least 4 members (excludes halogenated alkanes) is 1. The van der Waals surface area contributed by atoms with Gasteiger partial charge in [0.2, 0.25) is 5.91 Å². The van der Waals surface area contributed by atoms with E-state index in [-0.39, 0.29) is 55.0 Å². The predicted octanol–water partition coefficient (Wildman–Crippen LogP) is 6.98. The highest BCUT2D eigenvalue weighted by molar-refractivity contribution is 7.09. The molecule has 3 rings (SSSR count). The molecule has 1 fully saturated rings. The van der Waals surface area contributed by atoms with Gasteiger partial charge in [0.1, 0.15) is 22.5 Å². The third-order valence-electron chi connectivity index (χ3n) is 11.1. The van der Waals surface area contributed by atoms with E-state index < -0.39 is 53.4 Å². The molecule has 0 spiro atoms. The van der Waals surface area contributed by atoms with Crippen LogP contribution in [0.3, 0.4) is 0 Å². The molecular formula is C46H69N5O9S. The number of ether oxygens (including phenoxy) is 2. The first-order valence-corrected chi connectivity index (χ1v) is 22.5. The van der Waals surface area contributed by atoms with Crippen LogP contribution in [0, 0.1) is 29.6 Å². The fourth-order valence-electron chi connectivity index (χ4n) is 7.33. The number of carbonyl (C=O) groups is 5. The second-order valence-corrected chi connectivity index (χ2v) is 18.4. The monoisotopic (exact) mass is 867 g/mol. The lowest BCUT2D eigenvalue weighted by atomic mass is 9.84. The van der Waals surface area contributed by atoms with Gasteiger partial charge >= 0.3 is 11.9 Å². The molecule has 338 valence electrons. The summed E-state index contributed by atoms with van der Waals surface area (Å²) in [5.74, 6) is 0.139. The minimum Gasteiger partial charge on any atom is -0.491 e. The topological polar surface area (TPSA) is 177 Å². The number of carboxylic acids is 1. The Labute approximate surface area is 366 Å². The zero-order chi connectivity index (χ0) is 45.4. The Hall–Kier alpha value is -4.52. The van der Waals surface area contributed by atoms with Crippen molar-refractivity contribution < 1.29 is 43.4 Å². The maximum absolute atomic E-state index is 14.7. The molecule has 3 N–H and O–H groups in total. The number of hydrogen-bond donors (Lipinski definition) is 3. The van der Waals surface area contributed by atoms with Crippen molar-refractivity contribution in [2.75, 3.05) is 20.2 Å². The molecule has 1 aromatic carbocycles. The third-order valence-corrected chi connectivity index (χ3v) is 12.0. The number of aromatic nitrogens is 1. The van der Waals surface area contributed by atoms with Crippen molar-refractivity contribution in [3.05, 3.63) is 45.9 Å². The lowest BCUT2D eigenvalue weighted by Gasteiger charge is -2.39. The number of likely N-dealkylation sites (tertiary alicyclic amines) is 1. The van der Waals surface area contributed by atoms with Crippen LogP contribution in [0.25, 0.3) is 0 Å². The number of aliphatic carboxylic acids is 1. The second-order valence-electron chi connectivity index (χ2n) is 17.5. The van der Waals surface area contributed by atoms with Crippen LogP contribution < -0.4 is 15.4 Å². The largest absolute Gasteiger partial charge is 0.491 e. The van der Waals surface area contributed by atoms with Gasteiger partial charge in [-0.25, -0.2) is 10.0 Å². The van der Waals surface area contributed by atoms with E-state index in [0.29, 0.717) is 42.9 Å². The molecular weight excluding hydrogens is 799 g/mol. The van der Waals surface area contributed by atoms with Crippen molar-refractivity contribution in [3.8, 4) is 18.1 Å². The number of piperidine rings is 1. The number of terminal acetylenes is 1. The number of carboxylic acid groups (broad SMARTS) is 1. The lowest BCUT2D eigenvalue weighted by molar-refractivity contribution is -0.213. The Bertz CT molecular complexity index is 1790. The Morgan fingerprint density at radius 3 is 2.34 bits per heavy atom. The van der Waals surface area contributed by atoms with Crippen LogP contribution in [0.2, 0.25) is 0 Å². The zero-order valence-electron chi connectivity index (χ0n) is 37.8. The fraction of sp³-hybridized carbons (Fsp3) is 0.652. The van der Waals surface area contributed by atoms with E-state index in [0.717, 1.165) is 36.3 Å². The first-order valence-electron chi connectivity index (χ1n) is 21.6. The summed E-state index contributed by atoms with van der Waals surface area (Å²) >= 11 is 1.14. The van der Waals surface area contributed by atoms with E-state index in [1.54, 1.807) is 19.2 Å². The van der Waals surface area contributed by atoms with Crippen LogP contribution in [-0.4, -0.2) is 100 Å². The maximum Gasteiger partial charge on any atom is 0.309 e. The van der Waals surface area contributed by atoms with Crippen LogP contribution in [0.15, 0.2) is 29.6 Å². The highest BCUT2D eigenvalue weighted by atomic mass is 32.1. The summed E-state index contributed by atoms with van der Waals surface area (Å²) in [5, 5.41) is 19.3. The van der Waals surface area contributed by atoms with Crippen LogP contribution in [0.4, 0.5) is 0 Å². The molecule has 14 nitrogen and oxygen atoms in total. The van der Waals surface area contributed by atoms with Gasteiger partial charge in [0.25, 0.3) is 11.8 Å². The second kappa shape index (κ2) is 24.2. The van der Waals surface area contributed by atoms with Gasteiger partial charge in [-0.2, -0.15) is 0 Å². The first kappa shape index (κ1) is 50.8. The number of hydrogen-bond acceptors (Lipinski definition) is 11. The molecule has 3 amide bonds. The number of rotatable bonds is 24. The smallest absolute Gasteiger partial charge is 0.309 e. The fourth-order valence-corrected chi connectivity index (χ4v) is 8.17. The number of nitrogens with one attached hydrogen (secondary N) is 2. The minimum absolute atomic E-state index is 0.00240. The molecule has 0 unspecified atom stereocenters. The zero-order valence-corrected chi connectivity index (χ0v) is 38.6. The molecule has 0 radical (unpaired) electrons. The quantitative estimate of drug-likeness (QED) is 0.0430. The van der Waals surface area contributed by atoms with Crippen molar-refractivity contribution in [2.24, 2.45) is 17.3 Å². The van der Waals surface area contributed by atoms with E-state index in [9.17, 15) is 29.1 Å². The average Bonchev–Trinajstić information content (AvgIpc) is 3.69. The van der Waals surface area contributed by atoms with E-state index in [2.05, 4.69) is 21.5 Å². The number of amides is 3. The summed E-state index contributed by atoms with van der Waals surface area (Å²) in [6, 6.07) is 4.99. The highest BCUT2D eigenvalue weighted by Crippen LogP contribution is 2.32. The molecule has 0 aliphatic carbocycles. The standard InChI is InChI=1S/C46H69N5O9S/c1-12-14-17-24-58-51(44(55)40(31(7)13-2)49-42(54)37-18-15-16-23-50(37)11)38(29(3)4)26-39(60-32(8)52)43-48-36(28-61-43)41(53)47-34(27-46(9,10)45(56)57)25-33-19-21-35(22-20-33)59-30(5)6/h1,19-22,28-31,34,37-40H,13-18,23-27H2,2-11H3,(H,47,53)(H,49,54)(H,56,57)/t31-,34-,37+,38+,39+,40-/m0/s1. The number of carbonyl (C=O) groups excluding carboxylic acids is 4. The summed E-state index contributed by atoms with van der Waals surface area (Å²) in [6.45, 7) is 17.1. The van der Waals surface area contributed by atoms with Gasteiger partial charge in [-0.1, -0.05) is 52.7 Å². The lowest BCUT2D eigenvalue weighted by Crippen LogP contribution is -2.58. The Morgan fingerprint density at radius 2 is 1.77 bits per heavy atom. The SMILES string of the molecule is C#CCCCON(C(=O)[C@@H](NC(=O)[C@H]1CCCCN1C)[C@@H](C)CC)[C@H](C[C@@H](OC(C)=O)c1nc(C(=O)N[C@@H](Cc2ccc(OC(C)C)cc2)CC(C)(C)C(=O)O)cs1)C(C)C.